The molecule has 3 saturated heterocycles. The summed E-state index contributed by atoms with van der Waals surface area (Å²) < 4.78 is 30.0. The molecule has 1 aromatic carbocycles. The van der Waals surface area contributed by atoms with Crippen LogP contribution >= 0.6 is 12.2 Å². The predicted molar refractivity (Wildman–Crippen MR) is 94.1 cm³/mol. The average molecular weight is 365 g/mol. The van der Waals surface area contributed by atoms with Gasteiger partial charge in [-0.3, -0.25) is 0 Å². The lowest BCUT2D eigenvalue weighted by Crippen LogP contribution is -2.59. The minimum atomic E-state index is -0.651. The quantitative estimate of drug-likeness (QED) is 0.816. The molecule has 25 heavy (non-hydrogen) atoms. The molecule has 6 nitrogen and oxygen atoms in total. The molecule has 7 heteroatoms. The average Bonchev–Trinajstić information content (AvgIpc) is 3.05. The highest BCUT2D eigenvalue weighted by Gasteiger charge is 2.64. The third-order valence-electron chi connectivity index (χ3n) is 4.77. The van der Waals surface area contributed by atoms with E-state index in [1.807, 2.05) is 44.2 Å². The van der Waals surface area contributed by atoms with Crippen LogP contribution in [0.15, 0.2) is 30.3 Å². The van der Waals surface area contributed by atoms with Crippen LogP contribution in [0.1, 0.15) is 19.4 Å². The number of hydrogen-bond donors (Lipinski definition) is 1. The summed E-state index contributed by atoms with van der Waals surface area (Å²) in [7, 11) is 0. The van der Waals surface area contributed by atoms with Gasteiger partial charge in [0.1, 0.15) is 30.5 Å². The summed E-state index contributed by atoms with van der Waals surface area (Å²) in [6.07, 6.45) is -0.626. The van der Waals surface area contributed by atoms with E-state index in [9.17, 15) is 0 Å². The van der Waals surface area contributed by atoms with Gasteiger partial charge in [-0.1, -0.05) is 30.3 Å². The molecule has 3 heterocycles. The molecule has 0 bridgehead atoms. The Morgan fingerprint density at radius 2 is 2.00 bits per heavy atom. The summed E-state index contributed by atoms with van der Waals surface area (Å²) in [5, 5.41) is 3.46. The lowest BCUT2D eigenvalue weighted by molar-refractivity contribution is -0.221. The van der Waals surface area contributed by atoms with Crippen molar-refractivity contribution in [3.05, 3.63) is 35.9 Å². The van der Waals surface area contributed by atoms with Gasteiger partial charge in [-0.15, -0.1) is 0 Å². The smallest absolute Gasteiger partial charge is 0.256 e. The molecular formula is C18H23NO5S. The third-order valence-corrected chi connectivity index (χ3v) is 5.04. The van der Waals surface area contributed by atoms with E-state index in [1.54, 1.807) is 0 Å². The van der Waals surface area contributed by atoms with Crippen molar-refractivity contribution < 1.29 is 23.7 Å². The van der Waals surface area contributed by atoms with Crippen LogP contribution in [0.5, 0.6) is 0 Å². The standard InChI is InChI=1S/C18H23NO5S/c1-17(2)23-14-13(9-20-8-12-6-4-3-5-7-12)22-18(15(14)24-17)10-19-16(25)21-11-18/h3-7,13-15H,8-11H2,1-2H3,(H,19,25)/t13-,14-,15-,18+/m1/s1. The van der Waals surface area contributed by atoms with E-state index >= 15 is 0 Å². The third kappa shape index (κ3) is 3.39. The molecule has 1 spiro atoms. The van der Waals surface area contributed by atoms with Crippen LogP contribution in [0.25, 0.3) is 0 Å². The van der Waals surface area contributed by atoms with E-state index < -0.39 is 11.4 Å². The molecule has 0 unspecified atom stereocenters. The van der Waals surface area contributed by atoms with Gasteiger partial charge in [-0.2, -0.15) is 0 Å². The fraction of sp³-hybridized carbons (Fsp3) is 0.611. The van der Waals surface area contributed by atoms with Crippen molar-refractivity contribution >= 4 is 17.4 Å². The van der Waals surface area contributed by atoms with Crippen molar-refractivity contribution in [2.75, 3.05) is 19.8 Å². The highest BCUT2D eigenvalue weighted by atomic mass is 32.1. The van der Waals surface area contributed by atoms with Crippen molar-refractivity contribution in [2.24, 2.45) is 0 Å². The molecule has 3 aliphatic rings. The summed E-state index contributed by atoms with van der Waals surface area (Å²) in [4.78, 5) is 0. The maximum Gasteiger partial charge on any atom is 0.256 e. The van der Waals surface area contributed by atoms with Crippen molar-refractivity contribution in [3.8, 4) is 0 Å². The molecule has 0 radical (unpaired) electrons. The Morgan fingerprint density at radius 3 is 2.72 bits per heavy atom. The minimum Gasteiger partial charge on any atom is -0.468 e. The van der Waals surface area contributed by atoms with Gasteiger partial charge in [0.05, 0.1) is 19.8 Å². The first-order valence-electron chi connectivity index (χ1n) is 8.53. The number of fused-ring (bicyclic) bond motifs is 2. The summed E-state index contributed by atoms with van der Waals surface area (Å²) in [6.45, 7) is 5.71. The van der Waals surface area contributed by atoms with E-state index in [0.29, 0.717) is 31.5 Å². The number of ether oxygens (including phenoxy) is 5. The number of benzene rings is 1. The van der Waals surface area contributed by atoms with Gasteiger partial charge in [-0.25, -0.2) is 0 Å². The highest BCUT2D eigenvalue weighted by Crippen LogP contribution is 2.45. The number of nitrogens with one attached hydrogen (secondary N) is 1. The number of thiocarbonyl (C=S) groups is 1. The van der Waals surface area contributed by atoms with Crippen molar-refractivity contribution in [1.82, 2.24) is 5.32 Å². The van der Waals surface area contributed by atoms with Crippen LogP contribution in [0, 0.1) is 0 Å². The monoisotopic (exact) mass is 365 g/mol. The normalized spacial score (nSPS) is 36.1. The van der Waals surface area contributed by atoms with Gasteiger partial charge in [0, 0.05) is 0 Å². The molecule has 1 aromatic rings. The van der Waals surface area contributed by atoms with Crippen LogP contribution in [0.4, 0.5) is 0 Å². The molecule has 4 atom stereocenters. The van der Waals surface area contributed by atoms with Gasteiger partial charge in [0.25, 0.3) is 5.17 Å². The second-order valence-corrected chi connectivity index (χ2v) is 7.54. The van der Waals surface area contributed by atoms with Crippen LogP contribution in [-0.4, -0.2) is 54.6 Å². The molecule has 0 saturated carbocycles. The lowest BCUT2D eigenvalue weighted by Gasteiger charge is -2.38. The highest BCUT2D eigenvalue weighted by molar-refractivity contribution is 7.80. The summed E-state index contributed by atoms with van der Waals surface area (Å²) >= 11 is 5.06. The topological polar surface area (TPSA) is 58.2 Å². The van der Waals surface area contributed by atoms with Crippen LogP contribution < -0.4 is 5.32 Å². The summed E-state index contributed by atoms with van der Waals surface area (Å²) in [6, 6.07) is 10.1. The van der Waals surface area contributed by atoms with Gasteiger partial charge in [0.2, 0.25) is 0 Å². The molecule has 136 valence electrons. The number of rotatable bonds is 4. The molecular weight excluding hydrogens is 342 g/mol. The van der Waals surface area contributed by atoms with Gasteiger partial charge in [-0.05, 0) is 31.6 Å². The van der Waals surface area contributed by atoms with E-state index in [2.05, 4.69) is 5.32 Å². The Hall–Kier alpha value is -1.25. The Balaban J connectivity index is 1.44. The van der Waals surface area contributed by atoms with E-state index in [1.165, 1.54) is 0 Å². The van der Waals surface area contributed by atoms with E-state index in [4.69, 9.17) is 35.9 Å². The largest absolute Gasteiger partial charge is 0.468 e. The van der Waals surface area contributed by atoms with Gasteiger partial charge < -0.3 is 29.0 Å². The van der Waals surface area contributed by atoms with E-state index in [0.717, 1.165) is 5.56 Å². The van der Waals surface area contributed by atoms with Crippen LogP contribution in [0.3, 0.4) is 0 Å². The van der Waals surface area contributed by atoms with Crippen molar-refractivity contribution in [2.45, 2.75) is 50.2 Å². The molecule has 4 rings (SSSR count). The molecule has 3 aliphatic heterocycles. The SMILES string of the molecule is CC1(C)O[C@H]2[C@@H](O1)[C@@]1(CNC(=S)OC1)O[C@@H]2COCc1ccccc1. The molecule has 1 N–H and O–H groups in total. The van der Waals surface area contributed by atoms with Crippen molar-refractivity contribution in [3.63, 3.8) is 0 Å². The first-order chi connectivity index (χ1) is 12.0. The maximum atomic E-state index is 6.31. The number of hydrogen-bond acceptors (Lipinski definition) is 6. The summed E-state index contributed by atoms with van der Waals surface area (Å²) in [5.41, 5.74) is 0.519. The zero-order valence-electron chi connectivity index (χ0n) is 14.4. The van der Waals surface area contributed by atoms with E-state index in [-0.39, 0.29) is 18.3 Å². The molecule has 3 fully saturated rings. The van der Waals surface area contributed by atoms with Gasteiger partial charge >= 0.3 is 0 Å². The second kappa shape index (κ2) is 6.48. The van der Waals surface area contributed by atoms with Crippen LogP contribution in [-0.2, 0) is 30.3 Å². The van der Waals surface area contributed by atoms with Crippen LogP contribution in [0.2, 0.25) is 0 Å². The lowest BCUT2D eigenvalue weighted by atomic mass is 9.94. The zero-order valence-corrected chi connectivity index (χ0v) is 15.2. The first kappa shape index (κ1) is 17.2. The molecule has 0 amide bonds. The Labute approximate surface area is 152 Å². The Kier molecular flexibility index (Phi) is 4.45. The molecule has 0 aromatic heterocycles. The van der Waals surface area contributed by atoms with Gasteiger partial charge in [0.15, 0.2) is 5.79 Å². The first-order valence-corrected chi connectivity index (χ1v) is 8.94. The second-order valence-electron chi connectivity index (χ2n) is 7.17. The van der Waals surface area contributed by atoms with Crippen molar-refractivity contribution in [1.29, 1.82) is 0 Å². The minimum absolute atomic E-state index is 0.192. The Bertz CT molecular complexity index is 628. The maximum absolute atomic E-state index is 6.31. The fourth-order valence-electron chi connectivity index (χ4n) is 3.67. The predicted octanol–water partition coefficient (Wildman–Crippen LogP) is 1.77. The fourth-order valence-corrected chi connectivity index (χ4v) is 3.80. The zero-order chi connectivity index (χ0) is 17.5. The Morgan fingerprint density at radius 1 is 1.20 bits per heavy atom. The summed E-state index contributed by atoms with van der Waals surface area (Å²) in [5.74, 6) is -0.651. The molecule has 0 aliphatic carbocycles.